The summed E-state index contributed by atoms with van der Waals surface area (Å²) in [5, 5.41) is 12.4. The Labute approximate surface area is 136 Å². The quantitative estimate of drug-likeness (QED) is 0.664. The monoisotopic (exact) mass is 342 g/mol. The average Bonchev–Trinajstić information content (AvgIpc) is 3.04. The Morgan fingerprint density at radius 1 is 1.43 bits per heavy atom. The highest BCUT2D eigenvalue weighted by atomic mass is 32.2. The highest BCUT2D eigenvalue weighted by Gasteiger charge is 2.20. The highest BCUT2D eigenvalue weighted by molar-refractivity contribution is 7.89. The van der Waals surface area contributed by atoms with Gasteiger partial charge in [0, 0.05) is 25.4 Å². The van der Waals surface area contributed by atoms with Gasteiger partial charge < -0.3 is 15.2 Å². The summed E-state index contributed by atoms with van der Waals surface area (Å²) in [4.78, 5) is 11.4. The normalized spacial score (nSPS) is 18.0. The fourth-order valence-corrected chi connectivity index (χ4v) is 3.53. The molecule has 0 aliphatic carbocycles. The Balaban J connectivity index is 2.18. The van der Waals surface area contributed by atoms with Crippen LogP contribution in [0.4, 0.5) is 5.69 Å². The molecule has 1 aliphatic rings. The van der Waals surface area contributed by atoms with E-state index < -0.39 is 16.0 Å². The Kier molecular flexibility index (Phi) is 5.97. The second-order valence-corrected chi connectivity index (χ2v) is 7.19. The Hall–Kier alpha value is -1.64. The van der Waals surface area contributed by atoms with E-state index in [-0.39, 0.29) is 16.6 Å². The predicted octanol–water partition coefficient (Wildman–Crippen LogP) is 1.66. The molecular weight excluding hydrogens is 320 g/mol. The molecule has 23 heavy (non-hydrogen) atoms. The predicted molar refractivity (Wildman–Crippen MR) is 86.3 cm³/mol. The lowest BCUT2D eigenvalue weighted by atomic mass is 10.1. The number of anilines is 1. The molecule has 0 spiro atoms. The molecule has 3 N–H and O–H groups in total. The maximum Gasteiger partial charge on any atom is 0.337 e. The van der Waals surface area contributed by atoms with Gasteiger partial charge in [-0.3, -0.25) is 0 Å². The smallest absolute Gasteiger partial charge is 0.337 e. The van der Waals surface area contributed by atoms with Gasteiger partial charge in [0.1, 0.15) is 0 Å². The van der Waals surface area contributed by atoms with Crippen LogP contribution >= 0.6 is 0 Å². The Morgan fingerprint density at radius 3 is 2.83 bits per heavy atom. The number of hydrogen-bond acceptors (Lipinski definition) is 5. The van der Waals surface area contributed by atoms with E-state index in [2.05, 4.69) is 10.0 Å². The minimum Gasteiger partial charge on any atom is -0.478 e. The van der Waals surface area contributed by atoms with Gasteiger partial charge in [0.25, 0.3) is 0 Å². The van der Waals surface area contributed by atoms with Gasteiger partial charge in [-0.1, -0.05) is 6.92 Å². The molecule has 1 aromatic carbocycles. The van der Waals surface area contributed by atoms with Gasteiger partial charge in [-0.25, -0.2) is 17.9 Å². The maximum atomic E-state index is 12.1. The van der Waals surface area contributed by atoms with Crippen LogP contribution in [-0.2, 0) is 14.8 Å². The van der Waals surface area contributed by atoms with Crippen molar-refractivity contribution in [3.8, 4) is 0 Å². The van der Waals surface area contributed by atoms with E-state index in [9.17, 15) is 18.3 Å². The molecule has 1 unspecified atom stereocenters. The van der Waals surface area contributed by atoms with Crippen molar-refractivity contribution in [1.29, 1.82) is 0 Å². The minimum atomic E-state index is -3.69. The van der Waals surface area contributed by atoms with Crippen molar-refractivity contribution < 1.29 is 23.1 Å². The summed E-state index contributed by atoms with van der Waals surface area (Å²) in [6.07, 6.45) is 2.65. The van der Waals surface area contributed by atoms with Gasteiger partial charge in [0.05, 0.1) is 16.6 Å². The number of ether oxygens (including phenoxy) is 1. The van der Waals surface area contributed by atoms with E-state index in [0.29, 0.717) is 25.2 Å². The number of sulfonamides is 1. The fourth-order valence-electron chi connectivity index (χ4n) is 2.37. The molecule has 0 amide bonds. The van der Waals surface area contributed by atoms with Crippen LogP contribution in [0.5, 0.6) is 0 Å². The molecule has 128 valence electrons. The first-order valence-corrected chi connectivity index (χ1v) is 9.15. The van der Waals surface area contributed by atoms with Crippen molar-refractivity contribution in [2.45, 2.75) is 37.2 Å². The van der Waals surface area contributed by atoms with Gasteiger partial charge in [-0.2, -0.15) is 0 Å². The minimum absolute atomic E-state index is 0.0500. The average molecular weight is 342 g/mol. The number of aromatic carboxylic acids is 1. The molecule has 1 heterocycles. The molecule has 8 heteroatoms. The molecule has 1 atom stereocenters. The lowest BCUT2D eigenvalue weighted by Gasteiger charge is -2.15. The summed E-state index contributed by atoms with van der Waals surface area (Å²) < 4.78 is 32.1. The largest absolute Gasteiger partial charge is 0.478 e. The van der Waals surface area contributed by atoms with Gasteiger partial charge in [0.2, 0.25) is 10.0 Å². The molecular formula is C15H22N2O5S. The number of hydrogen-bond donors (Lipinski definition) is 3. The lowest BCUT2D eigenvalue weighted by Crippen LogP contribution is -2.25. The zero-order valence-corrected chi connectivity index (χ0v) is 13.9. The zero-order valence-electron chi connectivity index (χ0n) is 13.0. The van der Waals surface area contributed by atoms with Crippen molar-refractivity contribution in [3.63, 3.8) is 0 Å². The number of benzene rings is 1. The number of carboxylic acid groups (broad SMARTS) is 1. The SMILES string of the molecule is CCCNS(=O)(=O)c1ccc(NCC2CCCO2)c(C(=O)O)c1. The second kappa shape index (κ2) is 7.76. The molecule has 0 saturated carbocycles. The van der Waals surface area contributed by atoms with Crippen LogP contribution in [-0.4, -0.2) is 45.3 Å². The number of carbonyl (C=O) groups is 1. The second-order valence-electron chi connectivity index (χ2n) is 5.43. The summed E-state index contributed by atoms with van der Waals surface area (Å²) in [6, 6.07) is 4.07. The van der Waals surface area contributed by atoms with Crippen LogP contribution < -0.4 is 10.0 Å². The molecule has 1 aromatic rings. The first kappa shape index (κ1) is 17.7. The van der Waals surface area contributed by atoms with Crippen molar-refractivity contribution in [2.75, 3.05) is 25.0 Å². The molecule has 0 radical (unpaired) electrons. The van der Waals surface area contributed by atoms with Gasteiger partial charge in [0.15, 0.2) is 0 Å². The maximum absolute atomic E-state index is 12.1. The number of nitrogens with one attached hydrogen (secondary N) is 2. The fraction of sp³-hybridized carbons (Fsp3) is 0.533. The summed E-state index contributed by atoms with van der Waals surface area (Å²) in [6.45, 7) is 3.38. The third-order valence-corrected chi connectivity index (χ3v) is 5.08. The third-order valence-electron chi connectivity index (χ3n) is 3.62. The van der Waals surface area contributed by atoms with Crippen LogP contribution in [0.15, 0.2) is 23.1 Å². The molecule has 0 bridgehead atoms. The standard InChI is InChI=1S/C15H22N2O5S/c1-2-7-17-23(20,21)12-5-6-14(13(9-12)15(18)19)16-10-11-4-3-8-22-11/h5-6,9,11,16-17H,2-4,7-8,10H2,1H3,(H,18,19). The Morgan fingerprint density at radius 2 is 2.22 bits per heavy atom. The van der Waals surface area contributed by atoms with E-state index in [0.717, 1.165) is 19.4 Å². The third kappa shape index (κ3) is 4.66. The Bertz CT molecular complexity index is 654. The van der Waals surface area contributed by atoms with Crippen LogP contribution in [0.2, 0.25) is 0 Å². The van der Waals surface area contributed by atoms with Crippen molar-refractivity contribution >= 4 is 21.7 Å². The first-order chi connectivity index (χ1) is 10.9. The van der Waals surface area contributed by atoms with E-state index >= 15 is 0 Å². The molecule has 2 rings (SSSR count). The lowest BCUT2D eigenvalue weighted by molar-refractivity contribution is 0.0697. The first-order valence-electron chi connectivity index (χ1n) is 7.66. The van der Waals surface area contributed by atoms with Gasteiger partial charge in [-0.05, 0) is 37.5 Å². The molecule has 1 aliphatic heterocycles. The van der Waals surface area contributed by atoms with E-state index in [1.807, 2.05) is 6.92 Å². The molecule has 1 fully saturated rings. The van der Waals surface area contributed by atoms with Gasteiger partial charge >= 0.3 is 5.97 Å². The highest BCUT2D eigenvalue weighted by Crippen LogP contribution is 2.22. The van der Waals surface area contributed by atoms with Crippen molar-refractivity contribution in [2.24, 2.45) is 0 Å². The number of carboxylic acids is 1. The summed E-state index contributed by atoms with van der Waals surface area (Å²) >= 11 is 0. The molecule has 7 nitrogen and oxygen atoms in total. The van der Waals surface area contributed by atoms with E-state index in [1.165, 1.54) is 18.2 Å². The summed E-state index contributed by atoms with van der Waals surface area (Å²) in [5.74, 6) is -1.17. The number of rotatable bonds is 8. The molecule has 0 aromatic heterocycles. The molecule has 1 saturated heterocycles. The van der Waals surface area contributed by atoms with Crippen LogP contribution in [0.3, 0.4) is 0 Å². The van der Waals surface area contributed by atoms with E-state index in [4.69, 9.17) is 4.74 Å². The van der Waals surface area contributed by atoms with Crippen LogP contribution in [0, 0.1) is 0 Å². The van der Waals surface area contributed by atoms with Crippen LogP contribution in [0.1, 0.15) is 36.5 Å². The summed E-state index contributed by atoms with van der Waals surface area (Å²) in [7, 11) is -3.69. The van der Waals surface area contributed by atoms with Gasteiger partial charge in [-0.15, -0.1) is 0 Å². The van der Waals surface area contributed by atoms with Crippen LogP contribution in [0.25, 0.3) is 0 Å². The topological polar surface area (TPSA) is 105 Å². The van der Waals surface area contributed by atoms with E-state index in [1.54, 1.807) is 0 Å². The van der Waals surface area contributed by atoms with Crippen molar-refractivity contribution in [1.82, 2.24) is 4.72 Å². The van der Waals surface area contributed by atoms with Crippen molar-refractivity contribution in [3.05, 3.63) is 23.8 Å². The summed E-state index contributed by atoms with van der Waals surface area (Å²) in [5.41, 5.74) is 0.324. The zero-order chi connectivity index (χ0) is 16.9.